The molecular weight excluding hydrogens is 246 g/mol. The van der Waals surface area contributed by atoms with Crippen LogP contribution in [0.3, 0.4) is 0 Å². The smallest absolute Gasteiger partial charge is 0.220 e. The average Bonchev–Trinajstić information content (AvgIpc) is 2.50. The Balaban J connectivity index is 2.33. The Morgan fingerprint density at radius 3 is 2.50 bits per heavy atom. The Morgan fingerprint density at radius 2 is 1.95 bits per heavy atom. The van der Waals surface area contributed by atoms with Gasteiger partial charge < -0.3 is 5.32 Å². The highest BCUT2D eigenvalue weighted by Gasteiger charge is 2.39. The van der Waals surface area contributed by atoms with Crippen LogP contribution in [-0.2, 0) is 4.79 Å². The molecule has 0 heterocycles. The number of carbonyl (C=O) groups excluding carboxylic acids is 1. The van der Waals surface area contributed by atoms with E-state index in [0.717, 1.165) is 12.8 Å². The monoisotopic (exact) mass is 271 g/mol. The molecule has 0 spiro atoms. The molecule has 0 aliphatic heterocycles. The Bertz CT molecular complexity index is 446. The quantitative estimate of drug-likeness (QED) is 0.800. The molecule has 1 amide bonds. The lowest BCUT2D eigenvalue weighted by Crippen LogP contribution is -2.53. The minimum absolute atomic E-state index is 0.144. The van der Waals surface area contributed by atoms with Crippen molar-refractivity contribution in [2.45, 2.75) is 56.9 Å². The van der Waals surface area contributed by atoms with Crippen molar-refractivity contribution in [3.05, 3.63) is 48.6 Å². The molecule has 2 rings (SSSR count). The molecule has 1 atom stereocenters. The third-order valence-corrected chi connectivity index (χ3v) is 4.44. The molecule has 0 saturated heterocycles. The van der Waals surface area contributed by atoms with Gasteiger partial charge in [0.15, 0.2) is 0 Å². The highest BCUT2D eigenvalue weighted by Crippen LogP contribution is 2.40. The number of hydrogen-bond donors (Lipinski definition) is 1. The lowest BCUT2D eigenvalue weighted by atomic mass is 9.70. The van der Waals surface area contributed by atoms with Crippen molar-refractivity contribution >= 4 is 5.91 Å². The Hall–Kier alpha value is -1.57. The third kappa shape index (κ3) is 3.12. The Kier molecular flexibility index (Phi) is 4.99. The maximum atomic E-state index is 12.0. The first-order chi connectivity index (χ1) is 9.72. The summed E-state index contributed by atoms with van der Waals surface area (Å²) in [6.45, 7) is 5.95. The van der Waals surface area contributed by atoms with Crippen molar-refractivity contribution < 1.29 is 4.79 Å². The summed E-state index contributed by atoms with van der Waals surface area (Å²) >= 11 is 0. The van der Waals surface area contributed by atoms with Crippen LogP contribution in [0.25, 0.3) is 0 Å². The standard InChI is InChI=1S/C18H25NO/c1-3-16(15-11-7-5-8-12-15)18(19-17(20)4-2)13-9-6-10-14-18/h3,5,7-8,11-12,16H,1,4,6,9-10,13-14H2,2H3,(H,19,20). The summed E-state index contributed by atoms with van der Waals surface area (Å²) in [7, 11) is 0. The number of benzene rings is 1. The molecule has 2 nitrogen and oxygen atoms in total. The molecule has 1 fully saturated rings. The zero-order valence-electron chi connectivity index (χ0n) is 12.4. The van der Waals surface area contributed by atoms with E-state index >= 15 is 0 Å². The summed E-state index contributed by atoms with van der Waals surface area (Å²) in [4.78, 5) is 12.0. The lowest BCUT2D eigenvalue weighted by molar-refractivity contribution is -0.123. The molecule has 1 aromatic rings. The van der Waals surface area contributed by atoms with Crippen LogP contribution in [0.5, 0.6) is 0 Å². The maximum absolute atomic E-state index is 12.0. The topological polar surface area (TPSA) is 29.1 Å². The summed E-state index contributed by atoms with van der Waals surface area (Å²) in [6, 6.07) is 10.4. The van der Waals surface area contributed by atoms with Gasteiger partial charge in [-0.05, 0) is 18.4 Å². The second-order valence-electron chi connectivity index (χ2n) is 5.74. The van der Waals surface area contributed by atoms with E-state index in [4.69, 9.17) is 0 Å². The van der Waals surface area contributed by atoms with Crippen LogP contribution in [0.2, 0.25) is 0 Å². The molecule has 20 heavy (non-hydrogen) atoms. The predicted molar refractivity (Wildman–Crippen MR) is 83.6 cm³/mol. The van der Waals surface area contributed by atoms with E-state index in [1.807, 2.05) is 19.1 Å². The molecule has 0 bridgehead atoms. The van der Waals surface area contributed by atoms with Gasteiger partial charge in [-0.15, -0.1) is 6.58 Å². The van der Waals surface area contributed by atoms with Gasteiger partial charge in [0.2, 0.25) is 5.91 Å². The van der Waals surface area contributed by atoms with Gasteiger partial charge in [0.1, 0.15) is 0 Å². The second-order valence-corrected chi connectivity index (χ2v) is 5.74. The molecule has 1 unspecified atom stereocenters. The maximum Gasteiger partial charge on any atom is 0.220 e. The SMILES string of the molecule is C=CC(c1ccccc1)C1(NC(=O)CC)CCCCC1. The Morgan fingerprint density at radius 1 is 1.30 bits per heavy atom. The summed E-state index contributed by atoms with van der Waals surface area (Å²) < 4.78 is 0. The average molecular weight is 271 g/mol. The van der Waals surface area contributed by atoms with E-state index in [1.165, 1.54) is 24.8 Å². The van der Waals surface area contributed by atoms with Crippen LogP contribution in [0.1, 0.15) is 56.9 Å². The van der Waals surface area contributed by atoms with E-state index < -0.39 is 0 Å². The van der Waals surface area contributed by atoms with E-state index in [2.05, 4.69) is 36.2 Å². The summed E-state index contributed by atoms with van der Waals surface area (Å²) in [5.41, 5.74) is 1.11. The Labute approximate surface area is 122 Å². The molecule has 1 aliphatic carbocycles. The largest absolute Gasteiger partial charge is 0.350 e. The molecule has 0 radical (unpaired) electrons. The normalized spacial score (nSPS) is 19.1. The van der Waals surface area contributed by atoms with Crippen LogP contribution in [0, 0.1) is 0 Å². The lowest BCUT2D eigenvalue weighted by Gasteiger charge is -2.43. The van der Waals surface area contributed by atoms with Gasteiger partial charge in [-0.1, -0.05) is 62.6 Å². The number of carbonyl (C=O) groups is 1. The first-order valence-electron chi connectivity index (χ1n) is 7.70. The zero-order chi connectivity index (χ0) is 14.4. The number of rotatable bonds is 5. The zero-order valence-corrected chi connectivity index (χ0v) is 12.4. The molecule has 1 saturated carbocycles. The summed E-state index contributed by atoms with van der Waals surface area (Å²) in [5, 5.41) is 3.32. The van der Waals surface area contributed by atoms with Crippen LogP contribution in [0.4, 0.5) is 0 Å². The fourth-order valence-corrected chi connectivity index (χ4v) is 3.40. The van der Waals surface area contributed by atoms with Crippen LogP contribution in [-0.4, -0.2) is 11.4 Å². The number of amides is 1. The van der Waals surface area contributed by atoms with E-state index in [9.17, 15) is 4.79 Å². The van der Waals surface area contributed by atoms with Gasteiger partial charge in [0, 0.05) is 12.3 Å². The van der Waals surface area contributed by atoms with Gasteiger partial charge in [-0.2, -0.15) is 0 Å². The minimum Gasteiger partial charge on any atom is -0.350 e. The van der Waals surface area contributed by atoms with Crippen molar-refractivity contribution in [2.24, 2.45) is 0 Å². The minimum atomic E-state index is -0.144. The molecule has 1 aromatic carbocycles. The van der Waals surface area contributed by atoms with Crippen molar-refractivity contribution in [3.63, 3.8) is 0 Å². The van der Waals surface area contributed by atoms with Crippen LogP contribution >= 0.6 is 0 Å². The molecular formula is C18H25NO. The predicted octanol–water partition coefficient (Wildman–Crippen LogP) is 4.19. The highest BCUT2D eigenvalue weighted by atomic mass is 16.1. The van der Waals surface area contributed by atoms with Crippen LogP contribution in [0.15, 0.2) is 43.0 Å². The summed E-state index contributed by atoms with van der Waals surface area (Å²) in [5.74, 6) is 0.342. The molecule has 2 heteroatoms. The van der Waals surface area contributed by atoms with E-state index in [-0.39, 0.29) is 17.4 Å². The fraction of sp³-hybridized carbons (Fsp3) is 0.500. The number of hydrogen-bond acceptors (Lipinski definition) is 1. The van der Waals surface area contributed by atoms with E-state index in [0.29, 0.717) is 6.42 Å². The molecule has 108 valence electrons. The van der Waals surface area contributed by atoms with Gasteiger partial charge >= 0.3 is 0 Å². The van der Waals surface area contributed by atoms with Crippen LogP contribution < -0.4 is 5.32 Å². The number of nitrogens with one attached hydrogen (secondary N) is 1. The molecule has 1 aliphatic rings. The fourth-order valence-electron chi connectivity index (χ4n) is 3.40. The van der Waals surface area contributed by atoms with Gasteiger partial charge in [0.25, 0.3) is 0 Å². The first-order valence-corrected chi connectivity index (χ1v) is 7.70. The molecule has 0 aromatic heterocycles. The van der Waals surface area contributed by atoms with E-state index in [1.54, 1.807) is 0 Å². The van der Waals surface area contributed by atoms with Crippen molar-refractivity contribution in [1.29, 1.82) is 0 Å². The van der Waals surface area contributed by atoms with Gasteiger partial charge in [0.05, 0.1) is 5.54 Å². The summed E-state index contributed by atoms with van der Waals surface area (Å²) in [6.07, 6.45) is 8.27. The van der Waals surface area contributed by atoms with Crippen molar-refractivity contribution in [3.8, 4) is 0 Å². The van der Waals surface area contributed by atoms with Crippen molar-refractivity contribution in [2.75, 3.05) is 0 Å². The third-order valence-electron chi connectivity index (χ3n) is 4.44. The van der Waals surface area contributed by atoms with Gasteiger partial charge in [-0.25, -0.2) is 0 Å². The highest BCUT2D eigenvalue weighted by molar-refractivity contribution is 5.76. The van der Waals surface area contributed by atoms with Gasteiger partial charge in [-0.3, -0.25) is 4.79 Å². The van der Waals surface area contributed by atoms with Crippen molar-refractivity contribution in [1.82, 2.24) is 5.32 Å². The first kappa shape index (κ1) is 14.8. The second kappa shape index (κ2) is 6.74. The molecule has 1 N–H and O–H groups in total.